The fourth-order valence-corrected chi connectivity index (χ4v) is 4.91. The molecule has 1 fully saturated rings. The zero-order chi connectivity index (χ0) is 18.7. The van der Waals surface area contributed by atoms with Gasteiger partial charge in [-0.05, 0) is 12.8 Å². The second-order valence-corrected chi connectivity index (χ2v) is 8.90. The molecular weight excluding hydrogens is 352 g/mol. The average molecular weight is 378 g/mol. The molecule has 0 aliphatic carbocycles. The first-order valence-corrected chi connectivity index (χ1v) is 10.6. The third-order valence-electron chi connectivity index (χ3n) is 4.63. The van der Waals surface area contributed by atoms with E-state index in [1.54, 1.807) is 0 Å². The maximum absolute atomic E-state index is 12.6. The molecule has 2 aromatic rings. The van der Waals surface area contributed by atoms with Gasteiger partial charge in [-0.2, -0.15) is 4.31 Å². The van der Waals surface area contributed by atoms with Crippen molar-refractivity contribution in [3.63, 3.8) is 0 Å². The van der Waals surface area contributed by atoms with Crippen LogP contribution in [-0.4, -0.2) is 43.7 Å². The lowest BCUT2D eigenvalue weighted by Crippen LogP contribution is -2.34. The van der Waals surface area contributed by atoms with Gasteiger partial charge in [-0.25, -0.2) is 13.4 Å². The molecule has 0 spiro atoms. The Morgan fingerprint density at radius 3 is 2.69 bits per heavy atom. The fraction of sp³-hybridized carbons (Fsp3) is 0.526. The fourth-order valence-electron chi connectivity index (χ4n) is 3.31. The van der Waals surface area contributed by atoms with E-state index in [0.29, 0.717) is 12.4 Å². The number of aromatic nitrogens is 1. The number of ether oxygens (including phenoxy) is 1. The number of oxazole rings is 1. The SMILES string of the molecule is COCCS(=O)(=O)N1CCCC1c1nc(-c2ccccc2)c(C(C)C)o1. The third-order valence-corrected chi connectivity index (χ3v) is 6.47. The summed E-state index contributed by atoms with van der Waals surface area (Å²) in [6.45, 7) is 4.79. The van der Waals surface area contributed by atoms with Crippen LogP contribution < -0.4 is 0 Å². The minimum Gasteiger partial charge on any atom is -0.443 e. The van der Waals surface area contributed by atoms with Crippen molar-refractivity contribution in [1.29, 1.82) is 0 Å². The first-order valence-electron chi connectivity index (χ1n) is 8.98. The van der Waals surface area contributed by atoms with Crippen molar-refractivity contribution < 1.29 is 17.6 Å². The van der Waals surface area contributed by atoms with Crippen LogP contribution in [0, 0.1) is 0 Å². The molecule has 1 atom stereocenters. The van der Waals surface area contributed by atoms with Gasteiger partial charge < -0.3 is 9.15 Å². The number of methoxy groups -OCH3 is 1. The Kier molecular flexibility index (Phi) is 5.79. The molecule has 0 amide bonds. The smallest absolute Gasteiger partial charge is 0.217 e. The molecular formula is C19H26N2O4S. The highest BCUT2D eigenvalue weighted by Gasteiger charge is 2.38. The molecule has 26 heavy (non-hydrogen) atoms. The standard InChI is InChI=1S/C19H26N2O4S/c1-14(2)18-17(15-8-5-4-6-9-15)20-19(25-18)16-10-7-11-21(16)26(22,23)13-12-24-3/h4-6,8-9,14,16H,7,10-13H2,1-3H3. The van der Waals surface area contributed by atoms with Crippen LogP contribution in [0.5, 0.6) is 0 Å². The first kappa shape index (κ1) is 19.1. The Labute approximate surface area is 155 Å². The van der Waals surface area contributed by atoms with E-state index in [4.69, 9.17) is 14.1 Å². The van der Waals surface area contributed by atoms with E-state index in [-0.39, 0.29) is 24.3 Å². The Bertz CT molecular complexity index is 830. The van der Waals surface area contributed by atoms with Gasteiger partial charge in [-0.15, -0.1) is 0 Å². The molecule has 0 N–H and O–H groups in total. The lowest BCUT2D eigenvalue weighted by molar-refractivity contribution is 0.214. The highest BCUT2D eigenvalue weighted by atomic mass is 32.2. The molecule has 0 saturated carbocycles. The molecule has 3 rings (SSSR count). The van der Waals surface area contributed by atoms with Gasteiger partial charge in [0.2, 0.25) is 15.9 Å². The van der Waals surface area contributed by atoms with Crippen LogP contribution in [0.2, 0.25) is 0 Å². The van der Waals surface area contributed by atoms with Gasteiger partial charge in [-0.1, -0.05) is 44.2 Å². The summed E-state index contributed by atoms with van der Waals surface area (Å²) in [5, 5.41) is 0. The summed E-state index contributed by atoms with van der Waals surface area (Å²) >= 11 is 0. The number of hydrogen-bond donors (Lipinski definition) is 0. The summed E-state index contributed by atoms with van der Waals surface area (Å²) in [5.74, 6) is 1.42. The number of nitrogens with zero attached hydrogens (tertiary/aromatic N) is 2. The molecule has 1 unspecified atom stereocenters. The van der Waals surface area contributed by atoms with Crippen LogP contribution in [0.4, 0.5) is 0 Å². The lowest BCUT2D eigenvalue weighted by Gasteiger charge is -2.21. The third kappa shape index (κ3) is 3.84. The second kappa shape index (κ2) is 7.90. The summed E-state index contributed by atoms with van der Waals surface area (Å²) in [6, 6.07) is 9.53. The van der Waals surface area contributed by atoms with Crippen molar-refractivity contribution >= 4 is 10.0 Å². The van der Waals surface area contributed by atoms with Crippen molar-refractivity contribution in [3.05, 3.63) is 42.0 Å². The monoisotopic (exact) mass is 378 g/mol. The number of sulfonamides is 1. The van der Waals surface area contributed by atoms with Crippen LogP contribution in [-0.2, 0) is 14.8 Å². The molecule has 2 heterocycles. The Morgan fingerprint density at radius 1 is 1.31 bits per heavy atom. The van der Waals surface area contributed by atoms with Gasteiger partial charge in [-0.3, -0.25) is 0 Å². The number of hydrogen-bond acceptors (Lipinski definition) is 5. The van der Waals surface area contributed by atoms with Gasteiger partial charge in [0.05, 0.1) is 12.4 Å². The molecule has 1 aromatic heterocycles. The molecule has 0 bridgehead atoms. The van der Waals surface area contributed by atoms with Crippen molar-refractivity contribution in [2.24, 2.45) is 0 Å². The molecule has 1 saturated heterocycles. The molecule has 142 valence electrons. The molecule has 7 heteroatoms. The zero-order valence-corrected chi connectivity index (χ0v) is 16.3. The molecule has 1 aliphatic rings. The maximum atomic E-state index is 12.6. The molecule has 1 aliphatic heterocycles. The van der Waals surface area contributed by atoms with Gasteiger partial charge >= 0.3 is 0 Å². The largest absolute Gasteiger partial charge is 0.443 e. The van der Waals surface area contributed by atoms with Crippen molar-refractivity contribution in [3.8, 4) is 11.3 Å². The van der Waals surface area contributed by atoms with E-state index in [1.165, 1.54) is 11.4 Å². The van der Waals surface area contributed by atoms with E-state index in [0.717, 1.165) is 29.9 Å². The zero-order valence-electron chi connectivity index (χ0n) is 15.5. The van der Waals surface area contributed by atoms with Gasteiger partial charge in [0, 0.05) is 25.1 Å². The average Bonchev–Trinajstić information content (AvgIpc) is 3.28. The predicted octanol–water partition coefficient (Wildman–Crippen LogP) is 3.58. The Morgan fingerprint density at radius 2 is 2.04 bits per heavy atom. The van der Waals surface area contributed by atoms with E-state index in [1.807, 2.05) is 30.3 Å². The maximum Gasteiger partial charge on any atom is 0.217 e. The quantitative estimate of drug-likeness (QED) is 0.736. The van der Waals surface area contributed by atoms with Crippen LogP contribution in [0.3, 0.4) is 0 Å². The van der Waals surface area contributed by atoms with E-state index >= 15 is 0 Å². The Balaban J connectivity index is 1.96. The van der Waals surface area contributed by atoms with Crippen LogP contribution >= 0.6 is 0 Å². The van der Waals surface area contributed by atoms with Gasteiger partial charge in [0.25, 0.3) is 0 Å². The first-order chi connectivity index (χ1) is 12.4. The second-order valence-electron chi connectivity index (χ2n) is 6.86. The molecule has 1 aromatic carbocycles. The predicted molar refractivity (Wildman–Crippen MR) is 100 cm³/mol. The van der Waals surface area contributed by atoms with Crippen LogP contribution in [0.1, 0.15) is 50.3 Å². The minimum absolute atomic E-state index is 0.0245. The number of rotatable bonds is 7. The number of benzene rings is 1. The van der Waals surface area contributed by atoms with Crippen molar-refractivity contribution in [1.82, 2.24) is 9.29 Å². The highest BCUT2D eigenvalue weighted by molar-refractivity contribution is 7.89. The topological polar surface area (TPSA) is 72.6 Å². The van der Waals surface area contributed by atoms with Crippen LogP contribution in [0.25, 0.3) is 11.3 Å². The van der Waals surface area contributed by atoms with Gasteiger partial charge in [0.1, 0.15) is 17.5 Å². The summed E-state index contributed by atoms with van der Waals surface area (Å²) in [7, 11) is -1.89. The molecule has 0 radical (unpaired) electrons. The normalized spacial score (nSPS) is 18.7. The highest BCUT2D eigenvalue weighted by Crippen LogP contribution is 2.38. The van der Waals surface area contributed by atoms with E-state index < -0.39 is 10.0 Å². The van der Waals surface area contributed by atoms with Crippen molar-refractivity contribution in [2.75, 3.05) is 26.0 Å². The summed E-state index contributed by atoms with van der Waals surface area (Å²) in [4.78, 5) is 4.72. The van der Waals surface area contributed by atoms with Crippen molar-refractivity contribution in [2.45, 2.75) is 38.6 Å². The summed E-state index contributed by atoms with van der Waals surface area (Å²) in [6.07, 6.45) is 1.52. The van der Waals surface area contributed by atoms with Gasteiger partial charge in [0.15, 0.2) is 0 Å². The van der Waals surface area contributed by atoms with E-state index in [2.05, 4.69) is 13.8 Å². The Hall–Kier alpha value is -1.70. The summed E-state index contributed by atoms with van der Waals surface area (Å²) < 4.78 is 37.9. The summed E-state index contributed by atoms with van der Waals surface area (Å²) in [5.41, 5.74) is 1.79. The van der Waals surface area contributed by atoms with Crippen LogP contribution in [0.15, 0.2) is 34.7 Å². The molecule has 6 nitrogen and oxygen atoms in total. The minimum atomic E-state index is -3.40. The van der Waals surface area contributed by atoms with E-state index in [9.17, 15) is 8.42 Å². The lowest BCUT2D eigenvalue weighted by atomic mass is 10.0.